The molecule has 0 aromatic heterocycles. The lowest BCUT2D eigenvalue weighted by atomic mass is 10.0. The van der Waals surface area contributed by atoms with Crippen LogP contribution in [-0.2, 0) is 9.53 Å². The van der Waals surface area contributed by atoms with Crippen molar-refractivity contribution in [2.45, 2.75) is 25.3 Å². The fourth-order valence-corrected chi connectivity index (χ4v) is 2.62. The zero-order chi connectivity index (χ0) is 17.7. The largest absolute Gasteiger partial charge is 0.504 e. The van der Waals surface area contributed by atoms with Gasteiger partial charge in [0.25, 0.3) is 5.91 Å². The summed E-state index contributed by atoms with van der Waals surface area (Å²) in [5.74, 6) is -2.19. The number of aromatic hydroxyl groups is 3. The van der Waals surface area contributed by atoms with Crippen molar-refractivity contribution in [2.75, 3.05) is 26.8 Å². The van der Waals surface area contributed by atoms with Gasteiger partial charge in [-0.2, -0.15) is 0 Å². The number of hydrogen-bond acceptors (Lipinski definition) is 6. The van der Waals surface area contributed by atoms with Crippen molar-refractivity contribution in [1.29, 1.82) is 0 Å². The first-order chi connectivity index (χ1) is 11.4. The number of carbonyl (C=O) groups is 2. The van der Waals surface area contributed by atoms with E-state index in [0.29, 0.717) is 39.0 Å². The van der Waals surface area contributed by atoms with Gasteiger partial charge in [0.1, 0.15) is 0 Å². The van der Waals surface area contributed by atoms with Crippen LogP contribution in [-0.4, -0.2) is 64.9 Å². The van der Waals surface area contributed by atoms with Gasteiger partial charge in [0.05, 0.1) is 13.0 Å². The number of nitrogens with zero attached hydrogens (tertiary/aromatic N) is 1. The molecule has 132 valence electrons. The van der Waals surface area contributed by atoms with Crippen LogP contribution in [0.15, 0.2) is 12.1 Å². The molecule has 0 aliphatic carbocycles. The molecule has 0 atom stereocenters. The average Bonchev–Trinajstić information content (AvgIpc) is 2.57. The minimum Gasteiger partial charge on any atom is -0.504 e. The number of nitrogens with one attached hydrogen (secondary N) is 1. The molecule has 2 rings (SSSR count). The molecule has 1 aliphatic heterocycles. The van der Waals surface area contributed by atoms with Crippen LogP contribution in [0.5, 0.6) is 17.2 Å². The van der Waals surface area contributed by atoms with E-state index in [4.69, 9.17) is 4.74 Å². The first-order valence-electron chi connectivity index (χ1n) is 7.75. The second kappa shape index (κ2) is 7.87. The molecule has 1 fully saturated rings. The number of benzene rings is 1. The lowest BCUT2D eigenvalue weighted by Gasteiger charge is -2.32. The molecule has 1 aliphatic rings. The summed E-state index contributed by atoms with van der Waals surface area (Å²) in [5, 5.41) is 31.0. The van der Waals surface area contributed by atoms with Gasteiger partial charge in [-0.15, -0.1) is 0 Å². The molecule has 0 saturated carbocycles. The molecule has 1 aromatic rings. The molecule has 8 heteroatoms. The van der Waals surface area contributed by atoms with Crippen LogP contribution in [0.25, 0.3) is 0 Å². The summed E-state index contributed by atoms with van der Waals surface area (Å²) in [6.45, 7) is 1.50. The number of ether oxygens (including phenoxy) is 1. The van der Waals surface area contributed by atoms with Crippen molar-refractivity contribution in [3.8, 4) is 17.2 Å². The number of methoxy groups -OCH3 is 1. The number of hydrogen-bond donors (Lipinski definition) is 4. The van der Waals surface area contributed by atoms with E-state index in [9.17, 15) is 24.9 Å². The van der Waals surface area contributed by atoms with E-state index in [0.717, 1.165) is 12.1 Å². The van der Waals surface area contributed by atoms with Crippen LogP contribution >= 0.6 is 0 Å². The Bertz CT molecular complexity index is 588. The van der Waals surface area contributed by atoms with Crippen LogP contribution in [0, 0.1) is 0 Å². The van der Waals surface area contributed by atoms with Gasteiger partial charge >= 0.3 is 0 Å². The summed E-state index contributed by atoms with van der Waals surface area (Å²) in [6.07, 6.45) is 1.60. The summed E-state index contributed by atoms with van der Waals surface area (Å²) >= 11 is 0. The molecule has 0 radical (unpaired) electrons. The Morgan fingerprint density at radius 2 is 1.79 bits per heavy atom. The van der Waals surface area contributed by atoms with Crippen molar-refractivity contribution >= 4 is 11.8 Å². The van der Waals surface area contributed by atoms with Crippen LogP contribution in [0.4, 0.5) is 0 Å². The quantitative estimate of drug-likeness (QED) is 0.583. The number of amides is 2. The van der Waals surface area contributed by atoms with Crippen LogP contribution in [0.2, 0.25) is 0 Å². The first-order valence-corrected chi connectivity index (χ1v) is 7.75. The van der Waals surface area contributed by atoms with Gasteiger partial charge in [0, 0.05) is 31.8 Å². The number of piperidine rings is 1. The monoisotopic (exact) mass is 338 g/mol. The second-order valence-electron chi connectivity index (χ2n) is 5.73. The van der Waals surface area contributed by atoms with Crippen molar-refractivity contribution in [1.82, 2.24) is 10.2 Å². The van der Waals surface area contributed by atoms with Crippen molar-refractivity contribution in [3.05, 3.63) is 17.7 Å². The first kappa shape index (κ1) is 17.9. The number of phenolic OH excluding ortho intramolecular Hbond substituents is 3. The van der Waals surface area contributed by atoms with E-state index in [2.05, 4.69) is 5.32 Å². The molecule has 2 amide bonds. The molecule has 24 heavy (non-hydrogen) atoms. The number of phenols is 3. The molecule has 0 unspecified atom stereocenters. The summed E-state index contributed by atoms with van der Waals surface area (Å²) in [4.78, 5) is 25.8. The van der Waals surface area contributed by atoms with E-state index in [-0.39, 0.29) is 17.5 Å². The highest BCUT2D eigenvalue weighted by Gasteiger charge is 2.24. The van der Waals surface area contributed by atoms with E-state index in [1.165, 1.54) is 0 Å². The molecular formula is C16H22N2O6. The van der Waals surface area contributed by atoms with Crippen molar-refractivity contribution in [2.24, 2.45) is 0 Å². The lowest BCUT2D eigenvalue weighted by Crippen LogP contribution is -2.46. The predicted molar refractivity (Wildman–Crippen MR) is 85.0 cm³/mol. The van der Waals surface area contributed by atoms with Crippen LogP contribution in [0.1, 0.15) is 29.6 Å². The second-order valence-corrected chi connectivity index (χ2v) is 5.73. The maximum Gasteiger partial charge on any atom is 0.251 e. The van der Waals surface area contributed by atoms with E-state index in [1.807, 2.05) is 0 Å². The number of carbonyl (C=O) groups excluding carboxylic acids is 2. The van der Waals surface area contributed by atoms with E-state index in [1.54, 1.807) is 12.0 Å². The third-order valence-corrected chi connectivity index (χ3v) is 4.03. The topological polar surface area (TPSA) is 119 Å². The highest BCUT2D eigenvalue weighted by atomic mass is 16.5. The third kappa shape index (κ3) is 4.29. The summed E-state index contributed by atoms with van der Waals surface area (Å²) < 4.78 is 4.89. The molecule has 4 N–H and O–H groups in total. The summed E-state index contributed by atoms with van der Waals surface area (Å²) in [6, 6.07) is 2.09. The minimum absolute atomic E-state index is 0.0370. The fraction of sp³-hybridized carbons (Fsp3) is 0.500. The summed E-state index contributed by atoms with van der Waals surface area (Å²) in [7, 11) is 1.55. The van der Waals surface area contributed by atoms with E-state index < -0.39 is 23.2 Å². The fourth-order valence-electron chi connectivity index (χ4n) is 2.62. The van der Waals surface area contributed by atoms with Gasteiger partial charge in [-0.05, 0) is 25.0 Å². The molecule has 0 spiro atoms. The Balaban J connectivity index is 1.87. The molecule has 0 bridgehead atoms. The highest BCUT2D eigenvalue weighted by molar-refractivity contribution is 5.95. The minimum atomic E-state index is -0.658. The standard InChI is InChI=1S/C16H22N2O6/c1-24-7-4-14(21)18-5-2-11(3-6-18)17-16(23)10-8-12(19)15(22)13(20)9-10/h8-9,11,19-20,22H,2-7H2,1H3,(H,17,23). The number of likely N-dealkylation sites (tertiary alicyclic amines) is 1. The maximum absolute atomic E-state index is 12.2. The zero-order valence-electron chi connectivity index (χ0n) is 13.5. The zero-order valence-corrected chi connectivity index (χ0v) is 13.5. The average molecular weight is 338 g/mol. The van der Waals surface area contributed by atoms with Gasteiger partial charge in [-0.1, -0.05) is 0 Å². The molecule has 8 nitrogen and oxygen atoms in total. The van der Waals surface area contributed by atoms with Crippen LogP contribution < -0.4 is 5.32 Å². The Hall–Kier alpha value is -2.48. The summed E-state index contributed by atoms with van der Waals surface area (Å²) in [5.41, 5.74) is 0.0569. The van der Waals surface area contributed by atoms with Crippen LogP contribution in [0.3, 0.4) is 0 Å². The Morgan fingerprint density at radius 1 is 1.21 bits per heavy atom. The Kier molecular flexibility index (Phi) is 5.86. The van der Waals surface area contributed by atoms with Gasteiger partial charge in [0.2, 0.25) is 5.91 Å². The molecule has 1 saturated heterocycles. The molecule has 1 aromatic carbocycles. The van der Waals surface area contributed by atoms with Gasteiger partial charge in [0.15, 0.2) is 17.2 Å². The Morgan fingerprint density at radius 3 is 2.33 bits per heavy atom. The van der Waals surface area contributed by atoms with Gasteiger partial charge < -0.3 is 30.3 Å². The predicted octanol–water partition coefficient (Wildman–Crippen LogP) is 0.561. The van der Waals surface area contributed by atoms with Gasteiger partial charge in [-0.25, -0.2) is 0 Å². The highest BCUT2D eigenvalue weighted by Crippen LogP contribution is 2.35. The normalized spacial score (nSPS) is 15.3. The Labute approximate surface area is 139 Å². The van der Waals surface area contributed by atoms with E-state index >= 15 is 0 Å². The van der Waals surface area contributed by atoms with Crippen molar-refractivity contribution in [3.63, 3.8) is 0 Å². The third-order valence-electron chi connectivity index (χ3n) is 4.03. The van der Waals surface area contributed by atoms with Gasteiger partial charge in [-0.3, -0.25) is 9.59 Å². The maximum atomic E-state index is 12.2. The lowest BCUT2D eigenvalue weighted by molar-refractivity contribution is -0.133. The molecular weight excluding hydrogens is 316 g/mol. The SMILES string of the molecule is COCCC(=O)N1CCC(NC(=O)c2cc(O)c(O)c(O)c2)CC1. The molecule has 1 heterocycles. The number of rotatable bonds is 5. The smallest absolute Gasteiger partial charge is 0.251 e. The van der Waals surface area contributed by atoms with Crippen molar-refractivity contribution < 1.29 is 29.6 Å².